The Labute approximate surface area is 125 Å². The first-order chi connectivity index (χ1) is 7.50. The first-order valence-corrected chi connectivity index (χ1v) is 6.33. The minimum absolute atomic E-state index is 0. The van der Waals surface area contributed by atoms with E-state index in [9.17, 15) is 4.79 Å². The Balaban J connectivity index is 0. The maximum atomic E-state index is 11.6. The van der Waals surface area contributed by atoms with E-state index in [2.05, 4.69) is 10.3 Å². The number of carbonyl (C=O) groups excluding carboxylic acids is 1. The zero-order chi connectivity index (χ0) is 12.1. The molecular weight excluding hydrogens is 293 g/mol. The van der Waals surface area contributed by atoms with E-state index in [-0.39, 0.29) is 42.7 Å². The van der Waals surface area contributed by atoms with Crippen molar-refractivity contribution >= 4 is 42.1 Å². The summed E-state index contributed by atoms with van der Waals surface area (Å²) >= 11 is 1.63. The van der Waals surface area contributed by atoms with Crippen molar-refractivity contribution in [1.82, 2.24) is 10.3 Å². The Hall–Kier alpha value is -0.360. The summed E-state index contributed by atoms with van der Waals surface area (Å²) in [5.74, 6) is -0.126. The monoisotopic (exact) mass is 313 g/mol. The van der Waals surface area contributed by atoms with Gasteiger partial charge in [-0.05, 0) is 13.8 Å². The second-order valence-corrected chi connectivity index (χ2v) is 5.11. The smallest absolute Gasteiger partial charge is 0.224 e. The van der Waals surface area contributed by atoms with E-state index in [1.54, 1.807) is 11.3 Å². The van der Waals surface area contributed by atoms with Crippen LogP contribution in [-0.2, 0) is 11.2 Å². The van der Waals surface area contributed by atoms with Crippen molar-refractivity contribution in [1.29, 1.82) is 0 Å². The molecule has 7 heteroatoms. The standard InChI is InChI=1S/C11H19N3OS.2ClH/c1-7(8(2)12)11(15)13-5-4-10-6-16-9(3)14-10;;/h6-8H,4-5,12H2,1-3H3,(H,13,15);2*1H. The first kappa shape index (κ1) is 20.0. The maximum Gasteiger partial charge on any atom is 0.224 e. The number of hydrogen-bond donors (Lipinski definition) is 2. The van der Waals surface area contributed by atoms with Gasteiger partial charge in [0.2, 0.25) is 5.91 Å². The summed E-state index contributed by atoms with van der Waals surface area (Å²) in [6.07, 6.45) is 0.780. The van der Waals surface area contributed by atoms with Crippen LogP contribution in [0.5, 0.6) is 0 Å². The molecule has 1 amide bonds. The molecule has 1 aromatic rings. The van der Waals surface area contributed by atoms with E-state index in [4.69, 9.17) is 5.73 Å². The molecule has 0 bridgehead atoms. The molecule has 4 nitrogen and oxygen atoms in total. The van der Waals surface area contributed by atoms with Crippen molar-refractivity contribution in [3.8, 4) is 0 Å². The minimum atomic E-state index is -0.142. The van der Waals surface area contributed by atoms with Crippen LogP contribution in [0.3, 0.4) is 0 Å². The molecule has 3 N–H and O–H groups in total. The second kappa shape index (κ2) is 9.55. The third-order valence-electron chi connectivity index (χ3n) is 2.55. The molecule has 1 heterocycles. The summed E-state index contributed by atoms with van der Waals surface area (Å²) < 4.78 is 0. The van der Waals surface area contributed by atoms with Gasteiger partial charge in [-0.25, -0.2) is 4.98 Å². The SMILES string of the molecule is Cc1nc(CCNC(=O)C(C)C(C)N)cs1.Cl.Cl. The van der Waals surface area contributed by atoms with Gasteiger partial charge >= 0.3 is 0 Å². The van der Waals surface area contributed by atoms with E-state index >= 15 is 0 Å². The quantitative estimate of drug-likeness (QED) is 0.873. The van der Waals surface area contributed by atoms with E-state index < -0.39 is 0 Å². The van der Waals surface area contributed by atoms with Crippen LogP contribution < -0.4 is 11.1 Å². The molecule has 2 atom stereocenters. The lowest BCUT2D eigenvalue weighted by atomic mass is 10.0. The highest BCUT2D eigenvalue weighted by atomic mass is 35.5. The summed E-state index contributed by atoms with van der Waals surface area (Å²) in [6, 6.07) is -0.110. The van der Waals surface area contributed by atoms with Crippen LogP contribution in [0, 0.1) is 12.8 Å². The molecule has 106 valence electrons. The largest absolute Gasteiger partial charge is 0.355 e. The molecule has 0 saturated heterocycles. The van der Waals surface area contributed by atoms with Crippen LogP contribution in [0.1, 0.15) is 24.5 Å². The van der Waals surface area contributed by atoms with Gasteiger partial charge < -0.3 is 11.1 Å². The number of nitrogens with one attached hydrogen (secondary N) is 1. The van der Waals surface area contributed by atoms with Crippen LogP contribution >= 0.6 is 36.2 Å². The van der Waals surface area contributed by atoms with Crippen molar-refractivity contribution in [2.75, 3.05) is 6.54 Å². The van der Waals surface area contributed by atoms with Crippen LogP contribution in [-0.4, -0.2) is 23.5 Å². The number of rotatable bonds is 5. The fourth-order valence-corrected chi connectivity index (χ4v) is 1.88. The highest BCUT2D eigenvalue weighted by molar-refractivity contribution is 7.09. The van der Waals surface area contributed by atoms with E-state index in [0.29, 0.717) is 6.54 Å². The summed E-state index contributed by atoms with van der Waals surface area (Å²) in [7, 11) is 0. The van der Waals surface area contributed by atoms with E-state index in [0.717, 1.165) is 17.1 Å². The third-order valence-corrected chi connectivity index (χ3v) is 3.37. The zero-order valence-electron chi connectivity index (χ0n) is 10.8. The Bertz CT molecular complexity index is 358. The van der Waals surface area contributed by atoms with Gasteiger partial charge in [-0.1, -0.05) is 6.92 Å². The number of nitrogens with two attached hydrogens (primary N) is 1. The predicted octanol–water partition coefficient (Wildman–Crippen LogP) is 1.94. The molecule has 0 aliphatic carbocycles. The fourth-order valence-electron chi connectivity index (χ4n) is 1.24. The molecule has 0 aliphatic rings. The molecular formula is C11H21Cl2N3OS. The van der Waals surface area contributed by atoms with Gasteiger partial charge in [-0.2, -0.15) is 0 Å². The summed E-state index contributed by atoms with van der Waals surface area (Å²) in [5, 5.41) is 5.95. The normalized spacial score (nSPS) is 12.9. The lowest BCUT2D eigenvalue weighted by Crippen LogP contribution is -2.39. The number of amides is 1. The number of halogens is 2. The third kappa shape index (κ3) is 6.54. The molecule has 0 radical (unpaired) electrons. The number of carbonyl (C=O) groups is 1. The lowest BCUT2D eigenvalue weighted by Gasteiger charge is -2.14. The van der Waals surface area contributed by atoms with Gasteiger partial charge in [-0.15, -0.1) is 36.2 Å². The fraction of sp³-hybridized carbons (Fsp3) is 0.636. The van der Waals surface area contributed by atoms with Crippen molar-refractivity contribution in [2.45, 2.75) is 33.2 Å². The molecule has 1 aromatic heterocycles. The van der Waals surface area contributed by atoms with Crippen LogP contribution in [0.15, 0.2) is 5.38 Å². The molecule has 0 aliphatic heterocycles. The molecule has 0 fully saturated rings. The van der Waals surface area contributed by atoms with E-state index in [1.807, 2.05) is 26.2 Å². The molecule has 18 heavy (non-hydrogen) atoms. The highest BCUT2D eigenvalue weighted by Crippen LogP contribution is 2.08. The second-order valence-electron chi connectivity index (χ2n) is 4.05. The minimum Gasteiger partial charge on any atom is -0.355 e. The number of aryl methyl sites for hydroxylation is 1. The molecule has 1 rings (SSSR count). The Kier molecular flexibility index (Phi) is 10.6. The van der Waals surface area contributed by atoms with Crippen LogP contribution in [0.4, 0.5) is 0 Å². The average molecular weight is 314 g/mol. The zero-order valence-corrected chi connectivity index (χ0v) is 13.3. The summed E-state index contributed by atoms with van der Waals surface area (Å²) in [5.41, 5.74) is 6.69. The van der Waals surface area contributed by atoms with Gasteiger partial charge in [-0.3, -0.25) is 4.79 Å². The topological polar surface area (TPSA) is 68.0 Å². The number of thiazole rings is 1. The average Bonchev–Trinajstić information content (AvgIpc) is 2.62. The van der Waals surface area contributed by atoms with Crippen molar-refractivity contribution in [3.05, 3.63) is 16.1 Å². The van der Waals surface area contributed by atoms with Gasteiger partial charge in [0.25, 0.3) is 0 Å². The molecule has 0 aromatic carbocycles. The van der Waals surface area contributed by atoms with Gasteiger partial charge in [0.15, 0.2) is 0 Å². The lowest BCUT2D eigenvalue weighted by molar-refractivity contribution is -0.124. The van der Waals surface area contributed by atoms with E-state index in [1.165, 1.54) is 0 Å². The van der Waals surface area contributed by atoms with Crippen LogP contribution in [0.25, 0.3) is 0 Å². The number of nitrogens with zero attached hydrogens (tertiary/aromatic N) is 1. The summed E-state index contributed by atoms with van der Waals surface area (Å²) in [6.45, 7) is 6.28. The maximum absolute atomic E-state index is 11.6. The number of aromatic nitrogens is 1. The predicted molar refractivity (Wildman–Crippen MR) is 80.9 cm³/mol. The van der Waals surface area contributed by atoms with Gasteiger partial charge in [0.1, 0.15) is 0 Å². The Morgan fingerprint density at radius 3 is 2.56 bits per heavy atom. The van der Waals surface area contributed by atoms with Crippen LogP contribution in [0.2, 0.25) is 0 Å². The molecule has 2 unspecified atom stereocenters. The number of hydrogen-bond acceptors (Lipinski definition) is 4. The Morgan fingerprint density at radius 2 is 2.11 bits per heavy atom. The highest BCUT2D eigenvalue weighted by Gasteiger charge is 2.16. The van der Waals surface area contributed by atoms with Gasteiger partial charge in [0, 0.05) is 30.3 Å². The van der Waals surface area contributed by atoms with Crippen molar-refractivity contribution < 1.29 is 4.79 Å². The van der Waals surface area contributed by atoms with Gasteiger partial charge in [0.05, 0.1) is 10.7 Å². The molecule has 0 spiro atoms. The van der Waals surface area contributed by atoms with Crippen molar-refractivity contribution in [3.63, 3.8) is 0 Å². The summed E-state index contributed by atoms with van der Waals surface area (Å²) in [4.78, 5) is 15.9. The van der Waals surface area contributed by atoms with Crippen molar-refractivity contribution in [2.24, 2.45) is 11.7 Å². The first-order valence-electron chi connectivity index (χ1n) is 5.45. The molecule has 0 saturated carbocycles. The Morgan fingerprint density at radius 1 is 1.50 bits per heavy atom.